The molecule has 1 fully saturated rings. The van der Waals surface area contributed by atoms with Crippen LogP contribution in [0, 0.1) is 23.1 Å². The Kier molecular flexibility index (Phi) is 3.04. The van der Waals surface area contributed by atoms with Crippen LogP contribution >= 0.6 is 0 Å². The van der Waals surface area contributed by atoms with E-state index in [9.17, 15) is 14.0 Å². The van der Waals surface area contributed by atoms with Gasteiger partial charge in [-0.15, -0.1) is 0 Å². The SMILES string of the molecule is CC1(C)[C@H](C(=O)O)[C@@H]1C(=O)NC1CCc2c(F)cccc21. The van der Waals surface area contributed by atoms with Gasteiger partial charge in [0.25, 0.3) is 0 Å². The molecule has 1 aromatic carbocycles. The third-order valence-electron chi connectivity index (χ3n) is 4.91. The molecule has 0 heterocycles. The monoisotopic (exact) mass is 291 g/mol. The maximum Gasteiger partial charge on any atom is 0.307 e. The van der Waals surface area contributed by atoms with E-state index >= 15 is 0 Å². The first-order chi connectivity index (χ1) is 9.84. The van der Waals surface area contributed by atoms with E-state index in [-0.39, 0.29) is 17.8 Å². The van der Waals surface area contributed by atoms with Crippen LogP contribution in [-0.4, -0.2) is 17.0 Å². The van der Waals surface area contributed by atoms with Gasteiger partial charge in [-0.05, 0) is 35.4 Å². The van der Waals surface area contributed by atoms with E-state index in [0.717, 1.165) is 5.56 Å². The molecule has 0 bridgehead atoms. The van der Waals surface area contributed by atoms with Crippen LogP contribution in [-0.2, 0) is 16.0 Å². The molecule has 0 saturated heterocycles. The summed E-state index contributed by atoms with van der Waals surface area (Å²) in [6.07, 6.45) is 1.26. The number of carbonyl (C=O) groups is 2. The maximum absolute atomic E-state index is 13.7. The fourth-order valence-corrected chi connectivity index (χ4v) is 3.61. The Hall–Kier alpha value is -1.91. The van der Waals surface area contributed by atoms with Crippen LogP contribution in [0.25, 0.3) is 0 Å². The van der Waals surface area contributed by atoms with Crippen molar-refractivity contribution in [2.45, 2.75) is 32.7 Å². The number of amides is 1. The minimum Gasteiger partial charge on any atom is -0.481 e. The van der Waals surface area contributed by atoms with Crippen LogP contribution in [0.5, 0.6) is 0 Å². The van der Waals surface area contributed by atoms with Gasteiger partial charge in [0.15, 0.2) is 0 Å². The zero-order chi connectivity index (χ0) is 15.4. The Labute approximate surface area is 122 Å². The number of carbonyl (C=O) groups excluding carboxylic acids is 1. The average Bonchev–Trinajstić information content (AvgIpc) is 2.76. The molecule has 21 heavy (non-hydrogen) atoms. The molecule has 3 rings (SSSR count). The van der Waals surface area contributed by atoms with Crippen LogP contribution in [0.3, 0.4) is 0 Å². The second kappa shape index (κ2) is 4.55. The van der Waals surface area contributed by atoms with Gasteiger partial charge in [-0.25, -0.2) is 4.39 Å². The normalized spacial score (nSPS) is 28.8. The molecule has 2 N–H and O–H groups in total. The minimum absolute atomic E-state index is 0.214. The highest BCUT2D eigenvalue weighted by Gasteiger charge is 2.66. The summed E-state index contributed by atoms with van der Waals surface area (Å²) in [6, 6.07) is 4.67. The number of benzene rings is 1. The number of rotatable bonds is 3. The molecular formula is C16H18FNO3. The van der Waals surface area contributed by atoms with Gasteiger partial charge in [-0.3, -0.25) is 9.59 Å². The van der Waals surface area contributed by atoms with E-state index in [1.165, 1.54) is 6.07 Å². The van der Waals surface area contributed by atoms with Crippen LogP contribution in [0.15, 0.2) is 18.2 Å². The quantitative estimate of drug-likeness (QED) is 0.898. The second-order valence-corrected chi connectivity index (χ2v) is 6.52. The van der Waals surface area contributed by atoms with Crippen molar-refractivity contribution in [1.29, 1.82) is 0 Å². The number of carboxylic acid groups (broad SMARTS) is 1. The second-order valence-electron chi connectivity index (χ2n) is 6.52. The Morgan fingerprint density at radius 1 is 1.33 bits per heavy atom. The van der Waals surface area contributed by atoms with E-state index < -0.39 is 23.2 Å². The summed E-state index contributed by atoms with van der Waals surface area (Å²) >= 11 is 0. The number of halogens is 1. The summed E-state index contributed by atoms with van der Waals surface area (Å²) < 4.78 is 13.7. The highest BCUT2D eigenvalue weighted by molar-refractivity contribution is 5.91. The number of nitrogens with one attached hydrogen (secondary N) is 1. The van der Waals surface area contributed by atoms with Crippen molar-refractivity contribution in [3.8, 4) is 0 Å². The third-order valence-corrected chi connectivity index (χ3v) is 4.91. The summed E-state index contributed by atoms with van der Waals surface area (Å²) in [5, 5.41) is 12.0. The zero-order valence-corrected chi connectivity index (χ0v) is 12.0. The van der Waals surface area contributed by atoms with Gasteiger partial charge in [0.05, 0.1) is 17.9 Å². The number of hydrogen-bond acceptors (Lipinski definition) is 2. The highest BCUT2D eigenvalue weighted by atomic mass is 19.1. The molecule has 0 radical (unpaired) electrons. The fourth-order valence-electron chi connectivity index (χ4n) is 3.61. The summed E-state index contributed by atoms with van der Waals surface area (Å²) in [5.41, 5.74) is 0.959. The van der Waals surface area contributed by atoms with E-state index in [1.54, 1.807) is 19.9 Å². The van der Waals surface area contributed by atoms with Gasteiger partial charge in [0.2, 0.25) is 5.91 Å². The molecule has 0 spiro atoms. The van der Waals surface area contributed by atoms with Crippen molar-refractivity contribution in [2.75, 3.05) is 0 Å². The predicted molar refractivity (Wildman–Crippen MR) is 74.0 cm³/mol. The topological polar surface area (TPSA) is 66.4 Å². The first-order valence-corrected chi connectivity index (χ1v) is 7.14. The number of fused-ring (bicyclic) bond motifs is 1. The Morgan fingerprint density at radius 3 is 2.67 bits per heavy atom. The third kappa shape index (κ3) is 2.11. The molecule has 5 heteroatoms. The van der Waals surface area contributed by atoms with Crippen molar-refractivity contribution < 1.29 is 19.1 Å². The smallest absolute Gasteiger partial charge is 0.307 e. The molecule has 1 amide bonds. The molecule has 1 unspecified atom stereocenters. The molecule has 0 aromatic heterocycles. The van der Waals surface area contributed by atoms with Crippen molar-refractivity contribution >= 4 is 11.9 Å². The van der Waals surface area contributed by atoms with E-state index in [2.05, 4.69) is 5.32 Å². The molecule has 0 aliphatic heterocycles. The summed E-state index contributed by atoms with van der Waals surface area (Å²) in [7, 11) is 0. The van der Waals surface area contributed by atoms with Gasteiger partial charge in [-0.2, -0.15) is 0 Å². The lowest BCUT2D eigenvalue weighted by atomic mass is 10.1. The lowest BCUT2D eigenvalue weighted by Crippen LogP contribution is -2.30. The Morgan fingerprint density at radius 2 is 2.05 bits per heavy atom. The van der Waals surface area contributed by atoms with Crippen molar-refractivity contribution in [1.82, 2.24) is 5.32 Å². The van der Waals surface area contributed by atoms with E-state index in [4.69, 9.17) is 5.11 Å². The highest BCUT2D eigenvalue weighted by Crippen LogP contribution is 2.58. The maximum atomic E-state index is 13.7. The number of aliphatic carboxylic acids is 1. The van der Waals surface area contributed by atoms with Gasteiger partial charge < -0.3 is 10.4 Å². The van der Waals surface area contributed by atoms with Crippen LogP contribution < -0.4 is 5.32 Å². The zero-order valence-electron chi connectivity index (χ0n) is 12.0. The fraction of sp³-hybridized carbons (Fsp3) is 0.500. The molecule has 1 saturated carbocycles. The van der Waals surface area contributed by atoms with Crippen LogP contribution in [0.1, 0.15) is 37.4 Å². The molecule has 1 aromatic rings. The standard InChI is InChI=1S/C16H18FNO3/c1-16(2)12(13(16)15(20)21)14(19)18-11-7-6-8-9(11)4-3-5-10(8)17/h3-5,11-13H,6-7H2,1-2H3,(H,18,19)(H,20,21)/t11?,12-,13+/m1/s1. The van der Waals surface area contributed by atoms with Gasteiger partial charge in [-0.1, -0.05) is 26.0 Å². The summed E-state index contributed by atoms with van der Waals surface area (Å²) in [6.45, 7) is 3.58. The molecular weight excluding hydrogens is 273 g/mol. The molecule has 4 nitrogen and oxygen atoms in total. The molecule has 3 atom stereocenters. The van der Waals surface area contributed by atoms with Gasteiger partial charge in [0, 0.05) is 0 Å². The predicted octanol–water partition coefficient (Wildman–Crippen LogP) is 2.29. The number of carboxylic acids is 1. The first kappa shape index (κ1) is 14.0. The summed E-state index contributed by atoms with van der Waals surface area (Å²) in [4.78, 5) is 23.5. The lowest BCUT2D eigenvalue weighted by Gasteiger charge is -2.14. The van der Waals surface area contributed by atoms with Crippen LogP contribution in [0.2, 0.25) is 0 Å². The van der Waals surface area contributed by atoms with Gasteiger partial charge in [0.1, 0.15) is 5.82 Å². The van der Waals surface area contributed by atoms with E-state index in [1.807, 2.05) is 6.07 Å². The first-order valence-electron chi connectivity index (χ1n) is 7.14. The Balaban J connectivity index is 1.74. The summed E-state index contributed by atoms with van der Waals surface area (Å²) in [5.74, 6) is -2.55. The molecule has 2 aliphatic rings. The minimum atomic E-state index is -0.932. The lowest BCUT2D eigenvalue weighted by molar-refractivity contribution is -0.140. The molecule has 112 valence electrons. The molecule has 2 aliphatic carbocycles. The number of hydrogen-bond donors (Lipinski definition) is 2. The van der Waals surface area contributed by atoms with Crippen LogP contribution in [0.4, 0.5) is 4.39 Å². The van der Waals surface area contributed by atoms with Crippen molar-refractivity contribution in [3.63, 3.8) is 0 Å². The van der Waals surface area contributed by atoms with Crippen molar-refractivity contribution in [2.24, 2.45) is 17.3 Å². The van der Waals surface area contributed by atoms with Gasteiger partial charge >= 0.3 is 5.97 Å². The average molecular weight is 291 g/mol. The largest absolute Gasteiger partial charge is 0.481 e. The van der Waals surface area contributed by atoms with Crippen molar-refractivity contribution in [3.05, 3.63) is 35.1 Å². The van der Waals surface area contributed by atoms with E-state index in [0.29, 0.717) is 18.4 Å². The Bertz CT molecular complexity index is 626.